The van der Waals surface area contributed by atoms with Crippen LogP contribution in [0.15, 0.2) is 109 Å². The molecule has 39 heavy (non-hydrogen) atoms. The molecule has 4 aromatic carbocycles. The Morgan fingerprint density at radius 2 is 1.44 bits per heavy atom. The second-order valence-corrected chi connectivity index (χ2v) is 10.7. The lowest BCUT2D eigenvalue weighted by Crippen LogP contribution is -2.45. The molecule has 0 saturated carbocycles. The van der Waals surface area contributed by atoms with E-state index in [1.54, 1.807) is 0 Å². The number of hydrogen-bond donors (Lipinski definition) is 0. The van der Waals surface area contributed by atoms with Gasteiger partial charge in [-0.2, -0.15) is 0 Å². The molecule has 1 fully saturated rings. The van der Waals surface area contributed by atoms with E-state index in [-0.39, 0.29) is 12.0 Å². The predicted molar refractivity (Wildman–Crippen MR) is 160 cm³/mol. The molecule has 4 nitrogen and oxygen atoms in total. The Hall–Kier alpha value is -3.02. The number of alkyl halides is 2. The molecule has 1 heterocycles. The van der Waals surface area contributed by atoms with Crippen LogP contribution < -0.4 is 9.47 Å². The van der Waals surface area contributed by atoms with Crippen molar-refractivity contribution in [2.45, 2.75) is 30.0 Å². The van der Waals surface area contributed by atoms with Gasteiger partial charge in [0.15, 0.2) is 4.96 Å². The van der Waals surface area contributed by atoms with Crippen molar-refractivity contribution in [2.75, 3.05) is 26.3 Å². The molecule has 0 aromatic heterocycles. The van der Waals surface area contributed by atoms with Gasteiger partial charge in [-0.25, -0.2) is 0 Å². The molecule has 202 valence electrons. The molecule has 6 heteroatoms. The van der Waals surface area contributed by atoms with Crippen LogP contribution in [0.2, 0.25) is 0 Å². The third-order valence-corrected chi connectivity index (χ3v) is 7.61. The Labute approximate surface area is 240 Å². The van der Waals surface area contributed by atoms with Crippen molar-refractivity contribution in [3.8, 4) is 11.5 Å². The number of rotatable bonds is 11. The summed E-state index contributed by atoms with van der Waals surface area (Å²) in [6.07, 6.45) is 4.83. The molecule has 2 unspecified atom stereocenters. The van der Waals surface area contributed by atoms with Gasteiger partial charge in [-0.1, -0.05) is 89.9 Å². The minimum atomic E-state index is -0.542. The third-order valence-electron chi connectivity index (χ3n) is 7.06. The lowest BCUT2D eigenvalue weighted by molar-refractivity contribution is -0.0226. The van der Waals surface area contributed by atoms with Crippen molar-refractivity contribution in [1.29, 1.82) is 0 Å². The summed E-state index contributed by atoms with van der Waals surface area (Å²) in [6.45, 7) is 3.05. The number of halogens is 2. The van der Waals surface area contributed by atoms with Crippen LogP contribution >= 0.6 is 23.2 Å². The van der Waals surface area contributed by atoms with Gasteiger partial charge in [-0.15, -0.1) is 0 Å². The van der Waals surface area contributed by atoms with E-state index in [9.17, 15) is 0 Å². The van der Waals surface area contributed by atoms with Gasteiger partial charge < -0.3 is 14.2 Å². The fourth-order valence-corrected chi connectivity index (χ4v) is 5.31. The second-order valence-electron chi connectivity index (χ2n) is 9.67. The van der Waals surface area contributed by atoms with E-state index in [1.165, 1.54) is 16.3 Å². The summed E-state index contributed by atoms with van der Waals surface area (Å²) in [7, 11) is 0. The first-order chi connectivity index (χ1) is 19.2. The maximum absolute atomic E-state index is 6.52. The Morgan fingerprint density at radius 3 is 2.15 bits per heavy atom. The van der Waals surface area contributed by atoms with Crippen molar-refractivity contribution < 1.29 is 14.2 Å². The topological polar surface area (TPSA) is 30.9 Å². The van der Waals surface area contributed by atoms with Crippen molar-refractivity contribution in [1.82, 2.24) is 4.90 Å². The number of fused-ring (bicyclic) bond motifs is 1. The number of benzene rings is 4. The maximum Gasteiger partial charge on any atom is 0.160 e. The van der Waals surface area contributed by atoms with Crippen LogP contribution in [0.5, 0.6) is 11.5 Å². The molecule has 0 N–H and O–H groups in total. The highest BCUT2D eigenvalue weighted by Gasteiger charge is 2.33. The summed E-state index contributed by atoms with van der Waals surface area (Å²) in [6, 6.07) is 33.0. The number of hydrogen-bond acceptors (Lipinski definition) is 4. The van der Waals surface area contributed by atoms with E-state index in [1.807, 2.05) is 54.6 Å². The normalized spacial score (nSPS) is 18.1. The van der Waals surface area contributed by atoms with E-state index in [2.05, 4.69) is 59.5 Å². The van der Waals surface area contributed by atoms with E-state index in [0.717, 1.165) is 30.0 Å². The van der Waals surface area contributed by atoms with Crippen LogP contribution in [0.1, 0.15) is 23.5 Å². The third kappa shape index (κ3) is 7.77. The zero-order valence-corrected chi connectivity index (χ0v) is 23.3. The summed E-state index contributed by atoms with van der Waals surface area (Å²) >= 11 is 12.5. The fraction of sp³-hybridized carbons (Fsp3) is 0.273. The Morgan fingerprint density at radius 1 is 0.769 bits per heavy atom. The Bertz CT molecular complexity index is 1340. The minimum Gasteiger partial charge on any atom is -0.490 e. The quantitative estimate of drug-likeness (QED) is 0.105. The van der Waals surface area contributed by atoms with E-state index in [0.29, 0.717) is 26.4 Å². The van der Waals surface area contributed by atoms with Crippen LogP contribution in [0.25, 0.3) is 10.8 Å². The van der Waals surface area contributed by atoms with E-state index in [4.69, 9.17) is 37.4 Å². The highest BCUT2D eigenvalue weighted by molar-refractivity contribution is 6.43. The van der Waals surface area contributed by atoms with Crippen molar-refractivity contribution in [3.63, 3.8) is 0 Å². The number of ether oxygens (including phenoxy) is 3. The molecule has 1 aliphatic rings. The summed E-state index contributed by atoms with van der Waals surface area (Å²) in [5.41, 5.74) is 2.39. The van der Waals surface area contributed by atoms with Gasteiger partial charge in [0.05, 0.1) is 12.7 Å². The molecular formula is C33H33Cl2NO3. The first kappa shape index (κ1) is 27.5. The molecule has 1 aliphatic heterocycles. The summed E-state index contributed by atoms with van der Waals surface area (Å²) in [4.78, 5) is 1.52. The molecule has 0 bridgehead atoms. The highest BCUT2D eigenvalue weighted by atomic mass is 35.5. The van der Waals surface area contributed by atoms with Gasteiger partial charge in [-0.05, 0) is 70.8 Å². The van der Waals surface area contributed by atoms with Crippen LogP contribution in [-0.4, -0.2) is 42.3 Å². The first-order valence-corrected chi connectivity index (χ1v) is 14.2. The molecule has 1 saturated heterocycles. The number of nitrogens with zero attached hydrogens (tertiary/aromatic N) is 1. The molecule has 0 aliphatic carbocycles. The van der Waals surface area contributed by atoms with Gasteiger partial charge in [0.1, 0.15) is 24.7 Å². The molecule has 0 radical (unpaired) electrons. The maximum atomic E-state index is 6.52. The van der Waals surface area contributed by atoms with E-state index >= 15 is 0 Å². The molecular weight excluding hydrogens is 529 g/mol. The largest absolute Gasteiger partial charge is 0.490 e. The zero-order chi connectivity index (χ0) is 26.9. The minimum absolute atomic E-state index is 0.0236. The first-order valence-electron chi connectivity index (χ1n) is 13.3. The standard InChI is InChI=1S/C33H33Cl2NO3/c34-33(35)36-19-18-31(32(23-36)39-24-25-12-13-26-8-4-5-9-28(26)22-25)27-14-16-30(17-15-27)38-21-7-6-20-37-29-10-2-1-3-11-29/h1-17,22,31-33H,18-21,23-24H2. The van der Waals surface area contributed by atoms with Crippen LogP contribution in [0.4, 0.5) is 0 Å². The van der Waals surface area contributed by atoms with Crippen molar-refractivity contribution in [2.24, 2.45) is 0 Å². The fourth-order valence-electron chi connectivity index (χ4n) is 4.95. The van der Waals surface area contributed by atoms with E-state index < -0.39 is 4.96 Å². The Balaban J connectivity index is 1.17. The number of piperidine rings is 1. The van der Waals surface area contributed by atoms with Gasteiger partial charge in [0.2, 0.25) is 0 Å². The monoisotopic (exact) mass is 561 g/mol. The second kappa shape index (κ2) is 13.9. The van der Waals surface area contributed by atoms with Gasteiger partial charge in [0, 0.05) is 19.0 Å². The summed E-state index contributed by atoms with van der Waals surface area (Å²) in [5, 5.41) is 2.45. The van der Waals surface area contributed by atoms with Crippen molar-refractivity contribution in [3.05, 3.63) is 120 Å². The Kier molecular flexibility index (Phi) is 9.79. The molecule has 5 rings (SSSR count). The number of para-hydroxylation sites is 1. The van der Waals surface area contributed by atoms with Crippen LogP contribution in [-0.2, 0) is 11.3 Å². The van der Waals surface area contributed by atoms with Crippen molar-refractivity contribution >= 4 is 34.0 Å². The lowest BCUT2D eigenvalue weighted by Gasteiger charge is -2.39. The smallest absolute Gasteiger partial charge is 0.160 e. The van der Waals surface area contributed by atoms with Gasteiger partial charge in [-0.3, -0.25) is 4.90 Å². The summed E-state index contributed by atoms with van der Waals surface area (Å²) in [5.74, 6) is 1.94. The molecule has 0 spiro atoms. The summed E-state index contributed by atoms with van der Waals surface area (Å²) < 4.78 is 18.1. The lowest BCUT2D eigenvalue weighted by atomic mass is 9.87. The van der Waals surface area contributed by atoms with Gasteiger partial charge >= 0.3 is 0 Å². The number of likely N-dealkylation sites (tertiary alicyclic amines) is 1. The SMILES string of the molecule is ClC(Cl)N1CCC(c2ccc(OCC=CCOc3ccccc3)cc2)C(OCc2ccc3ccccc3c2)C1. The molecule has 0 amide bonds. The van der Waals surface area contributed by atoms with Crippen LogP contribution in [0, 0.1) is 0 Å². The molecule has 4 aromatic rings. The average Bonchev–Trinajstić information content (AvgIpc) is 2.98. The van der Waals surface area contributed by atoms with Crippen LogP contribution in [0.3, 0.4) is 0 Å². The highest BCUT2D eigenvalue weighted by Crippen LogP contribution is 2.34. The zero-order valence-electron chi connectivity index (χ0n) is 21.8. The average molecular weight is 563 g/mol. The van der Waals surface area contributed by atoms with Gasteiger partial charge in [0.25, 0.3) is 0 Å². The predicted octanol–water partition coefficient (Wildman–Crippen LogP) is 7.99. The molecule has 2 atom stereocenters.